The van der Waals surface area contributed by atoms with Gasteiger partial charge in [0.25, 0.3) is 5.91 Å². The summed E-state index contributed by atoms with van der Waals surface area (Å²) in [4.78, 5) is 24.2. The van der Waals surface area contributed by atoms with Gasteiger partial charge in [0.2, 0.25) is 5.95 Å². The Morgan fingerprint density at radius 3 is 2.84 bits per heavy atom. The molecule has 1 amide bonds. The minimum atomic E-state index is 0.0332. The van der Waals surface area contributed by atoms with Crippen molar-refractivity contribution in [3.8, 4) is 16.9 Å². The lowest BCUT2D eigenvalue weighted by Crippen LogP contribution is -2.28. The van der Waals surface area contributed by atoms with Gasteiger partial charge in [0, 0.05) is 55.9 Å². The molecule has 1 fully saturated rings. The molecule has 0 aliphatic carbocycles. The fraction of sp³-hybridized carbons (Fsp3) is 0.286. The third kappa shape index (κ3) is 5.08. The predicted octanol–water partition coefficient (Wildman–Crippen LogP) is 4.77. The molecule has 37 heavy (non-hydrogen) atoms. The Morgan fingerprint density at radius 2 is 2.00 bits per heavy atom. The number of rotatable bonds is 7. The molecular formula is C28H27ClN6O2. The number of carbonyl (C=O) groups is 1. The average Bonchev–Trinajstić information content (AvgIpc) is 3.58. The summed E-state index contributed by atoms with van der Waals surface area (Å²) in [7, 11) is 0. The molecule has 0 unspecified atom stereocenters. The van der Waals surface area contributed by atoms with Gasteiger partial charge in [0.1, 0.15) is 0 Å². The number of carbonyl (C=O) groups excluding carboxylic acids is 1. The molecule has 2 aromatic carbocycles. The van der Waals surface area contributed by atoms with Crippen LogP contribution in [0.1, 0.15) is 34.3 Å². The molecule has 0 spiro atoms. The quantitative estimate of drug-likeness (QED) is 0.382. The molecule has 8 nitrogen and oxygen atoms in total. The number of halogens is 1. The molecule has 4 aromatic rings. The third-order valence-electron chi connectivity index (χ3n) is 6.91. The van der Waals surface area contributed by atoms with E-state index >= 15 is 0 Å². The number of hydrogen-bond donors (Lipinski definition) is 1. The molecule has 6 rings (SSSR count). The van der Waals surface area contributed by atoms with Crippen LogP contribution in [0.25, 0.3) is 16.9 Å². The van der Waals surface area contributed by atoms with Crippen LogP contribution in [0.15, 0.2) is 67.1 Å². The van der Waals surface area contributed by atoms with Gasteiger partial charge < -0.3 is 15.0 Å². The van der Waals surface area contributed by atoms with E-state index in [1.807, 2.05) is 52.2 Å². The highest BCUT2D eigenvalue weighted by molar-refractivity contribution is 6.33. The summed E-state index contributed by atoms with van der Waals surface area (Å²) in [5.74, 6) is 0.572. The molecule has 1 saturated heterocycles. The van der Waals surface area contributed by atoms with Crippen molar-refractivity contribution in [1.82, 2.24) is 24.6 Å². The van der Waals surface area contributed by atoms with E-state index in [1.54, 1.807) is 12.4 Å². The Morgan fingerprint density at radius 1 is 1.11 bits per heavy atom. The van der Waals surface area contributed by atoms with Crippen LogP contribution in [0, 0.1) is 0 Å². The molecular weight excluding hydrogens is 488 g/mol. The summed E-state index contributed by atoms with van der Waals surface area (Å²) in [5, 5.41) is 8.15. The SMILES string of the molecule is O=C1c2cc(-c3nc(NC4CCOCC4)ncc3Cl)ccc2CN1CCc1cccc(-n2cccn2)c1. The first-order chi connectivity index (χ1) is 18.1. The lowest BCUT2D eigenvalue weighted by molar-refractivity contribution is 0.0780. The van der Waals surface area contributed by atoms with Crippen molar-refractivity contribution in [2.75, 3.05) is 25.1 Å². The number of fused-ring (bicyclic) bond motifs is 1. The van der Waals surface area contributed by atoms with Gasteiger partial charge in [-0.1, -0.05) is 35.9 Å². The number of amides is 1. The van der Waals surface area contributed by atoms with Crippen LogP contribution in [-0.2, 0) is 17.7 Å². The van der Waals surface area contributed by atoms with Crippen molar-refractivity contribution < 1.29 is 9.53 Å². The van der Waals surface area contributed by atoms with E-state index in [-0.39, 0.29) is 11.9 Å². The summed E-state index contributed by atoms with van der Waals surface area (Å²) in [6.45, 7) is 2.70. The van der Waals surface area contributed by atoms with Crippen molar-refractivity contribution in [3.63, 3.8) is 0 Å². The van der Waals surface area contributed by atoms with E-state index in [0.29, 0.717) is 35.3 Å². The molecule has 1 N–H and O–H groups in total. The largest absolute Gasteiger partial charge is 0.381 e. The Balaban J connectivity index is 1.16. The summed E-state index contributed by atoms with van der Waals surface area (Å²) in [6.07, 6.45) is 7.89. The zero-order valence-corrected chi connectivity index (χ0v) is 21.1. The fourth-order valence-electron chi connectivity index (χ4n) is 4.89. The lowest BCUT2D eigenvalue weighted by atomic mass is 10.0. The number of nitrogens with one attached hydrogen (secondary N) is 1. The molecule has 2 aliphatic rings. The smallest absolute Gasteiger partial charge is 0.254 e. The van der Waals surface area contributed by atoms with Gasteiger partial charge >= 0.3 is 0 Å². The number of hydrogen-bond acceptors (Lipinski definition) is 6. The van der Waals surface area contributed by atoms with Crippen molar-refractivity contribution in [2.45, 2.75) is 31.8 Å². The number of nitrogens with zero attached hydrogens (tertiary/aromatic N) is 5. The normalized spacial score (nSPS) is 15.7. The van der Waals surface area contributed by atoms with E-state index < -0.39 is 0 Å². The second-order valence-corrected chi connectivity index (χ2v) is 9.80. The van der Waals surface area contributed by atoms with Crippen LogP contribution in [0.2, 0.25) is 5.02 Å². The van der Waals surface area contributed by atoms with Gasteiger partial charge in [-0.05, 0) is 54.7 Å². The van der Waals surface area contributed by atoms with Crippen LogP contribution >= 0.6 is 11.6 Å². The van der Waals surface area contributed by atoms with E-state index in [1.165, 1.54) is 0 Å². The van der Waals surface area contributed by atoms with Gasteiger partial charge in [-0.25, -0.2) is 14.6 Å². The van der Waals surface area contributed by atoms with Gasteiger partial charge in [-0.15, -0.1) is 0 Å². The molecule has 0 radical (unpaired) electrons. The van der Waals surface area contributed by atoms with Gasteiger partial charge in [0.15, 0.2) is 0 Å². The number of ether oxygens (including phenoxy) is 1. The minimum absolute atomic E-state index is 0.0332. The van der Waals surface area contributed by atoms with Gasteiger partial charge in [-0.2, -0.15) is 5.10 Å². The van der Waals surface area contributed by atoms with Crippen LogP contribution in [0.3, 0.4) is 0 Å². The van der Waals surface area contributed by atoms with E-state index in [0.717, 1.165) is 54.9 Å². The summed E-state index contributed by atoms with van der Waals surface area (Å²) >= 11 is 6.48. The molecule has 2 aromatic heterocycles. The second-order valence-electron chi connectivity index (χ2n) is 9.39. The Bertz CT molecular complexity index is 1420. The topological polar surface area (TPSA) is 85.2 Å². The highest BCUT2D eigenvalue weighted by atomic mass is 35.5. The summed E-state index contributed by atoms with van der Waals surface area (Å²) in [6, 6.07) is 16.3. The Kier molecular flexibility index (Phi) is 6.59. The molecule has 0 bridgehead atoms. The van der Waals surface area contributed by atoms with Crippen LogP contribution < -0.4 is 5.32 Å². The number of anilines is 1. The van der Waals surface area contributed by atoms with Crippen LogP contribution in [0.5, 0.6) is 0 Å². The maximum atomic E-state index is 13.3. The zero-order valence-electron chi connectivity index (χ0n) is 20.3. The predicted molar refractivity (Wildman–Crippen MR) is 142 cm³/mol. The first kappa shape index (κ1) is 23.6. The maximum Gasteiger partial charge on any atom is 0.254 e. The molecule has 188 valence electrons. The lowest BCUT2D eigenvalue weighted by Gasteiger charge is -2.23. The molecule has 0 atom stereocenters. The van der Waals surface area contributed by atoms with Crippen molar-refractivity contribution >= 4 is 23.5 Å². The average molecular weight is 515 g/mol. The van der Waals surface area contributed by atoms with Crippen LogP contribution in [0.4, 0.5) is 5.95 Å². The standard InChI is InChI=1S/C28H27ClN6O2/c29-25-17-30-28(32-22-8-13-37-14-9-22)33-26(25)20-5-6-21-18-34(27(36)24(21)16-20)12-7-19-3-1-4-23(15-19)35-11-2-10-31-35/h1-6,10-11,15-17,22H,7-9,12-14,18H2,(H,30,32,33). The molecule has 4 heterocycles. The maximum absolute atomic E-state index is 13.3. The second kappa shape index (κ2) is 10.3. The number of aromatic nitrogens is 4. The third-order valence-corrected chi connectivity index (χ3v) is 7.19. The first-order valence-corrected chi connectivity index (χ1v) is 12.9. The molecule has 9 heteroatoms. The Labute approximate surface area is 220 Å². The van der Waals surface area contributed by atoms with E-state index in [4.69, 9.17) is 16.3 Å². The van der Waals surface area contributed by atoms with Gasteiger partial charge in [-0.3, -0.25) is 4.79 Å². The monoisotopic (exact) mass is 514 g/mol. The zero-order chi connectivity index (χ0) is 25.2. The number of benzene rings is 2. The highest BCUT2D eigenvalue weighted by Crippen LogP contribution is 2.32. The van der Waals surface area contributed by atoms with Crippen LogP contribution in [-0.4, -0.2) is 56.4 Å². The van der Waals surface area contributed by atoms with Gasteiger partial charge in [0.05, 0.1) is 22.6 Å². The molecule has 0 saturated carbocycles. The Hall–Kier alpha value is -3.75. The van der Waals surface area contributed by atoms with Crippen molar-refractivity contribution in [3.05, 3.63) is 88.8 Å². The summed E-state index contributed by atoms with van der Waals surface area (Å²) < 4.78 is 7.27. The first-order valence-electron chi connectivity index (χ1n) is 12.5. The minimum Gasteiger partial charge on any atom is -0.381 e. The van der Waals surface area contributed by atoms with E-state index in [9.17, 15) is 4.79 Å². The summed E-state index contributed by atoms with van der Waals surface area (Å²) in [5.41, 5.74) is 5.32. The highest BCUT2D eigenvalue weighted by Gasteiger charge is 2.28. The fourth-order valence-corrected chi connectivity index (χ4v) is 5.09. The van der Waals surface area contributed by atoms with Crippen molar-refractivity contribution in [2.24, 2.45) is 0 Å². The van der Waals surface area contributed by atoms with Crippen molar-refractivity contribution in [1.29, 1.82) is 0 Å². The van der Waals surface area contributed by atoms with E-state index in [2.05, 4.69) is 32.5 Å². The molecule has 2 aliphatic heterocycles.